The highest BCUT2D eigenvalue weighted by Crippen LogP contribution is 2.25. The van der Waals surface area contributed by atoms with Crippen molar-refractivity contribution in [1.82, 2.24) is 0 Å². The van der Waals surface area contributed by atoms with Crippen LogP contribution in [-0.2, 0) is 4.74 Å². The average Bonchev–Trinajstić information content (AvgIpc) is 2.53. The molecule has 0 saturated carbocycles. The largest absolute Gasteiger partial charge is 0.465 e. The van der Waals surface area contributed by atoms with E-state index < -0.39 is 0 Å². The highest BCUT2D eigenvalue weighted by Gasteiger charge is 2.11. The van der Waals surface area contributed by atoms with Crippen molar-refractivity contribution in [3.63, 3.8) is 0 Å². The van der Waals surface area contributed by atoms with Crippen molar-refractivity contribution in [2.24, 2.45) is 0 Å². The number of esters is 1. The molecule has 0 bridgehead atoms. The fourth-order valence-electron chi connectivity index (χ4n) is 2.07. The summed E-state index contributed by atoms with van der Waals surface area (Å²) < 4.78 is 4.67. The summed E-state index contributed by atoms with van der Waals surface area (Å²) in [6, 6.07) is 14.6. The van der Waals surface area contributed by atoms with Crippen LogP contribution in [0, 0.1) is 0 Å². The number of hydrogen-bond acceptors (Lipinski definition) is 3. The molecule has 2 aromatic carbocycles. The van der Waals surface area contributed by atoms with E-state index in [9.17, 15) is 9.59 Å². The maximum atomic E-state index is 12.0. The summed E-state index contributed by atoms with van der Waals surface area (Å²) in [5.41, 5.74) is 3.00. The summed E-state index contributed by atoms with van der Waals surface area (Å²) in [5.74, 6) is -0.257. The number of carbonyl (C=O) groups excluding carboxylic acids is 2. The molecular weight excluding hydrogens is 252 g/mol. The third-order valence-corrected chi connectivity index (χ3v) is 3.17. The zero-order valence-electron chi connectivity index (χ0n) is 11.6. The number of Topliss-reactive ketones (excluding diaryl/α,β-unsaturated/α-hetero) is 1. The van der Waals surface area contributed by atoms with Gasteiger partial charge in [-0.2, -0.15) is 0 Å². The van der Waals surface area contributed by atoms with Crippen molar-refractivity contribution >= 4 is 11.8 Å². The second kappa shape index (κ2) is 6.15. The lowest BCUT2D eigenvalue weighted by Gasteiger charge is -2.08. The zero-order valence-corrected chi connectivity index (χ0v) is 11.6. The molecule has 0 aromatic heterocycles. The predicted molar refractivity (Wildman–Crippen MR) is 77.8 cm³/mol. The standard InChI is InChI=1S/C17H16O3/c1-3-16(18)15-7-5-4-6-14(15)12-8-10-13(11-9-12)17(19)20-2/h4-11H,3H2,1-2H3. The van der Waals surface area contributed by atoms with Crippen LogP contribution in [0.4, 0.5) is 0 Å². The van der Waals surface area contributed by atoms with Crippen LogP contribution in [-0.4, -0.2) is 18.9 Å². The molecule has 0 fully saturated rings. The smallest absolute Gasteiger partial charge is 0.337 e. The van der Waals surface area contributed by atoms with Gasteiger partial charge in [-0.25, -0.2) is 4.79 Å². The van der Waals surface area contributed by atoms with Crippen LogP contribution in [0.5, 0.6) is 0 Å². The monoisotopic (exact) mass is 268 g/mol. The van der Waals surface area contributed by atoms with Crippen LogP contribution in [0.25, 0.3) is 11.1 Å². The molecule has 0 spiro atoms. The first-order chi connectivity index (χ1) is 9.67. The summed E-state index contributed by atoms with van der Waals surface area (Å²) in [6.45, 7) is 1.85. The lowest BCUT2D eigenvalue weighted by Crippen LogP contribution is -2.01. The Morgan fingerprint density at radius 3 is 2.25 bits per heavy atom. The molecule has 102 valence electrons. The van der Waals surface area contributed by atoms with E-state index in [1.807, 2.05) is 43.3 Å². The molecule has 20 heavy (non-hydrogen) atoms. The fraction of sp³-hybridized carbons (Fsp3) is 0.176. The normalized spacial score (nSPS) is 10.1. The third kappa shape index (κ3) is 2.77. The van der Waals surface area contributed by atoms with Crippen molar-refractivity contribution < 1.29 is 14.3 Å². The highest BCUT2D eigenvalue weighted by molar-refractivity contribution is 6.02. The SMILES string of the molecule is CCC(=O)c1ccccc1-c1ccc(C(=O)OC)cc1. The van der Waals surface area contributed by atoms with Crippen molar-refractivity contribution in [3.8, 4) is 11.1 Å². The number of rotatable bonds is 4. The van der Waals surface area contributed by atoms with Gasteiger partial charge in [0.05, 0.1) is 12.7 Å². The Morgan fingerprint density at radius 1 is 1.00 bits per heavy atom. The zero-order chi connectivity index (χ0) is 14.5. The molecule has 0 amide bonds. The Bertz CT molecular complexity index is 627. The van der Waals surface area contributed by atoms with E-state index in [1.165, 1.54) is 7.11 Å². The lowest BCUT2D eigenvalue weighted by atomic mass is 9.95. The predicted octanol–water partition coefficient (Wildman–Crippen LogP) is 3.73. The van der Waals surface area contributed by atoms with Crippen LogP contribution < -0.4 is 0 Å². The van der Waals surface area contributed by atoms with Gasteiger partial charge in [-0.05, 0) is 23.3 Å². The Morgan fingerprint density at radius 2 is 1.65 bits per heavy atom. The molecule has 2 aromatic rings. The summed E-state index contributed by atoms with van der Waals surface area (Å²) in [6.07, 6.45) is 0.470. The van der Waals surface area contributed by atoms with E-state index in [2.05, 4.69) is 4.74 Å². The van der Waals surface area contributed by atoms with Crippen molar-refractivity contribution in [2.75, 3.05) is 7.11 Å². The molecule has 0 heterocycles. The molecule has 0 N–H and O–H groups in total. The maximum Gasteiger partial charge on any atom is 0.337 e. The van der Waals surface area contributed by atoms with Crippen molar-refractivity contribution in [1.29, 1.82) is 0 Å². The first-order valence-corrected chi connectivity index (χ1v) is 6.48. The summed E-state index contributed by atoms with van der Waals surface area (Å²) >= 11 is 0. The first-order valence-electron chi connectivity index (χ1n) is 6.48. The van der Waals surface area contributed by atoms with Crippen LogP contribution in [0.2, 0.25) is 0 Å². The minimum atomic E-state index is -0.366. The van der Waals surface area contributed by atoms with E-state index in [4.69, 9.17) is 0 Å². The summed E-state index contributed by atoms with van der Waals surface area (Å²) in [7, 11) is 1.35. The van der Waals surface area contributed by atoms with E-state index >= 15 is 0 Å². The fourth-order valence-corrected chi connectivity index (χ4v) is 2.07. The third-order valence-electron chi connectivity index (χ3n) is 3.17. The number of carbonyl (C=O) groups is 2. The van der Waals surface area contributed by atoms with Crippen LogP contribution >= 0.6 is 0 Å². The molecule has 0 aliphatic carbocycles. The number of benzene rings is 2. The highest BCUT2D eigenvalue weighted by atomic mass is 16.5. The van der Waals surface area contributed by atoms with Crippen LogP contribution in [0.1, 0.15) is 34.1 Å². The maximum absolute atomic E-state index is 12.0. The summed E-state index contributed by atoms with van der Waals surface area (Å²) in [5, 5.41) is 0. The van der Waals surface area contributed by atoms with Gasteiger partial charge in [0.1, 0.15) is 0 Å². The molecule has 0 atom stereocenters. The van der Waals surface area contributed by atoms with E-state index in [0.29, 0.717) is 17.5 Å². The van der Waals surface area contributed by atoms with Gasteiger partial charge in [-0.1, -0.05) is 43.3 Å². The Labute approximate surface area is 118 Å². The summed E-state index contributed by atoms with van der Waals surface area (Å²) in [4.78, 5) is 23.4. The van der Waals surface area contributed by atoms with E-state index in [-0.39, 0.29) is 11.8 Å². The van der Waals surface area contributed by atoms with Gasteiger partial charge in [0.15, 0.2) is 5.78 Å². The van der Waals surface area contributed by atoms with E-state index in [1.54, 1.807) is 12.1 Å². The Hall–Kier alpha value is -2.42. The minimum absolute atomic E-state index is 0.109. The van der Waals surface area contributed by atoms with Crippen molar-refractivity contribution in [2.45, 2.75) is 13.3 Å². The molecule has 0 radical (unpaired) electrons. The molecule has 0 unspecified atom stereocenters. The number of ether oxygens (including phenoxy) is 1. The second-order valence-corrected chi connectivity index (χ2v) is 4.39. The molecule has 2 rings (SSSR count). The van der Waals surface area contributed by atoms with Gasteiger partial charge < -0.3 is 4.74 Å². The van der Waals surface area contributed by atoms with Gasteiger partial charge in [-0.3, -0.25) is 4.79 Å². The van der Waals surface area contributed by atoms with E-state index in [0.717, 1.165) is 11.1 Å². The van der Waals surface area contributed by atoms with Crippen molar-refractivity contribution in [3.05, 3.63) is 59.7 Å². The Kier molecular flexibility index (Phi) is 4.31. The van der Waals surface area contributed by atoms with Crippen LogP contribution in [0.15, 0.2) is 48.5 Å². The molecule has 3 nitrogen and oxygen atoms in total. The molecule has 0 aliphatic rings. The quantitative estimate of drug-likeness (QED) is 0.626. The van der Waals surface area contributed by atoms with Crippen LogP contribution in [0.3, 0.4) is 0 Å². The van der Waals surface area contributed by atoms with Gasteiger partial charge in [0, 0.05) is 12.0 Å². The minimum Gasteiger partial charge on any atom is -0.465 e. The average molecular weight is 268 g/mol. The molecule has 0 saturated heterocycles. The molecular formula is C17H16O3. The topological polar surface area (TPSA) is 43.4 Å². The van der Waals surface area contributed by atoms with Gasteiger partial charge in [-0.15, -0.1) is 0 Å². The van der Waals surface area contributed by atoms with Gasteiger partial charge in [0.25, 0.3) is 0 Å². The number of methoxy groups -OCH3 is 1. The number of hydrogen-bond donors (Lipinski definition) is 0. The van der Waals surface area contributed by atoms with Gasteiger partial charge in [0.2, 0.25) is 0 Å². The number of ketones is 1. The van der Waals surface area contributed by atoms with Gasteiger partial charge >= 0.3 is 5.97 Å². The Balaban J connectivity index is 2.42. The molecule has 3 heteroatoms. The second-order valence-electron chi connectivity index (χ2n) is 4.39. The lowest BCUT2D eigenvalue weighted by molar-refractivity contribution is 0.0600. The first kappa shape index (κ1) is 14.0. The molecule has 0 aliphatic heterocycles.